The Balaban J connectivity index is 1.82. The number of hydrogen-bond donors (Lipinski definition) is 2. The van der Waals surface area contributed by atoms with Crippen molar-refractivity contribution in [1.82, 2.24) is 5.32 Å². The Kier molecular flexibility index (Phi) is 6.94. The van der Waals surface area contributed by atoms with Crippen molar-refractivity contribution in [3.63, 3.8) is 0 Å². The van der Waals surface area contributed by atoms with Gasteiger partial charge in [-0.3, -0.25) is 4.79 Å². The molecule has 0 spiro atoms. The fourth-order valence-electron chi connectivity index (χ4n) is 2.55. The molecule has 2 aromatic carbocycles. The number of carboxylic acids is 1. The summed E-state index contributed by atoms with van der Waals surface area (Å²) in [6.07, 6.45) is 1.74. The van der Waals surface area contributed by atoms with Crippen molar-refractivity contribution in [1.29, 1.82) is 0 Å². The van der Waals surface area contributed by atoms with Crippen molar-refractivity contribution in [2.24, 2.45) is 0 Å². The smallest absolute Gasteiger partial charge is 0.335 e. The molecule has 6 nitrogen and oxygen atoms in total. The molecule has 1 aliphatic heterocycles. The predicted molar refractivity (Wildman–Crippen MR) is 119 cm³/mol. The predicted octanol–water partition coefficient (Wildman–Crippen LogP) is 4.61. The van der Waals surface area contributed by atoms with Gasteiger partial charge in [-0.2, -0.15) is 0 Å². The van der Waals surface area contributed by atoms with Crippen molar-refractivity contribution < 1.29 is 24.2 Å². The minimum Gasteiger partial charge on any atom is -0.490 e. The second kappa shape index (κ2) is 9.43. The zero-order valence-electron chi connectivity index (χ0n) is 15.2. The second-order valence-corrected chi connectivity index (χ2v) is 8.48. The first-order valence-corrected chi connectivity index (χ1v) is 10.6. The molecule has 0 radical (unpaired) electrons. The van der Waals surface area contributed by atoms with Crippen LogP contribution in [0.2, 0.25) is 0 Å². The second-order valence-electron chi connectivity index (χ2n) is 5.91. The number of benzene rings is 2. The molecule has 9 heteroatoms. The van der Waals surface area contributed by atoms with Crippen LogP contribution in [0.5, 0.6) is 11.5 Å². The summed E-state index contributed by atoms with van der Waals surface area (Å²) in [5, 5.41) is 11.6. The molecular weight excluding hydrogens is 478 g/mol. The SMILES string of the molecule is CCOc1cc(/C=C2\SC(=S)NC2=O)cc(Br)c1OCc1ccc(C(=O)O)cc1. The van der Waals surface area contributed by atoms with Gasteiger partial charge in [0.05, 0.1) is 21.5 Å². The fraction of sp³-hybridized carbons (Fsp3) is 0.150. The normalized spacial score (nSPS) is 14.8. The number of thiocarbonyl (C=S) groups is 1. The maximum absolute atomic E-state index is 11.9. The van der Waals surface area contributed by atoms with Gasteiger partial charge in [0, 0.05) is 0 Å². The van der Waals surface area contributed by atoms with Gasteiger partial charge in [0.2, 0.25) is 0 Å². The van der Waals surface area contributed by atoms with Crippen LogP contribution < -0.4 is 14.8 Å². The monoisotopic (exact) mass is 493 g/mol. The fourth-order valence-corrected chi connectivity index (χ4v) is 4.16. The molecule has 29 heavy (non-hydrogen) atoms. The van der Waals surface area contributed by atoms with Crippen LogP contribution in [0.3, 0.4) is 0 Å². The number of carbonyl (C=O) groups is 2. The Morgan fingerprint density at radius 2 is 2.00 bits per heavy atom. The first-order valence-electron chi connectivity index (χ1n) is 8.53. The van der Waals surface area contributed by atoms with Crippen molar-refractivity contribution in [2.45, 2.75) is 13.5 Å². The molecule has 0 saturated carbocycles. The van der Waals surface area contributed by atoms with E-state index in [-0.39, 0.29) is 18.1 Å². The Labute approximate surface area is 185 Å². The summed E-state index contributed by atoms with van der Waals surface area (Å²) in [5.41, 5.74) is 1.81. The quantitative estimate of drug-likeness (QED) is 0.430. The van der Waals surface area contributed by atoms with Gasteiger partial charge in [0.25, 0.3) is 5.91 Å². The Morgan fingerprint density at radius 3 is 2.59 bits per heavy atom. The van der Waals surface area contributed by atoms with Crippen LogP contribution in [0.1, 0.15) is 28.4 Å². The van der Waals surface area contributed by atoms with Crippen LogP contribution in [0.15, 0.2) is 45.8 Å². The van der Waals surface area contributed by atoms with Crippen molar-refractivity contribution >= 4 is 62.2 Å². The third-order valence-electron chi connectivity index (χ3n) is 3.86. The highest BCUT2D eigenvalue weighted by atomic mass is 79.9. The summed E-state index contributed by atoms with van der Waals surface area (Å²) in [5.74, 6) is -0.144. The van der Waals surface area contributed by atoms with E-state index in [4.69, 9.17) is 26.8 Å². The van der Waals surface area contributed by atoms with E-state index in [1.54, 1.807) is 24.3 Å². The Hall–Kier alpha value is -2.36. The van der Waals surface area contributed by atoms with E-state index in [0.29, 0.717) is 31.8 Å². The third kappa shape index (κ3) is 5.37. The number of aromatic carboxylic acids is 1. The number of thioether (sulfide) groups is 1. The van der Waals surface area contributed by atoms with Crippen molar-refractivity contribution in [2.75, 3.05) is 6.61 Å². The first-order chi connectivity index (χ1) is 13.9. The van der Waals surface area contributed by atoms with Crippen LogP contribution in [-0.4, -0.2) is 27.9 Å². The van der Waals surface area contributed by atoms with Gasteiger partial charge >= 0.3 is 5.97 Å². The summed E-state index contributed by atoms with van der Waals surface area (Å²) in [6.45, 7) is 2.55. The number of nitrogens with one attached hydrogen (secondary N) is 1. The number of halogens is 1. The van der Waals surface area contributed by atoms with Crippen LogP contribution in [0, 0.1) is 0 Å². The number of carboxylic acid groups (broad SMARTS) is 1. The molecule has 3 rings (SSSR count). The van der Waals surface area contributed by atoms with E-state index in [2.05, 4.69) is 21.2 Å². The lowest BCUT2D eigenvalue weighted by Gasteiger charge is -2.15. The molecular formula is C20H16BrNO5S2. The van der Waals surface area contributed by atoms with Crippen LogP contribution in [-0.2, 0) is 11.4 Å². The average molecular weight is 494 g/mol. The minimum absolute atomic E-state index is 0.218. The maximum Gasteiger partial charge on any atom is 0.335 e. The molecule has 0 aliphatic carbocycles. The molecule has 1 fully saturated rings. The molecule has 1 heterocycles. The molecule has 2 N–H and O–H groups in total. The highest BCUT2D eigenvalue weighted by Gasteiger charge is 2.22. The number of rotatable bonds is 7. The van der Waals surface area contributed by atoms with Gasteiger partial charge < -0.3 is 19.9 Å². The topological polar surface area (TPSA) is 84.9 Å². The van der Waals surface area contributed by atoms with Gasteiger partial charge in [-0.05, 0) is 64.3 Å². The standard InChI is InChI=1S/C20H16BrNO5S2/c1-2-26-15-8-12(9-16-18(23)22-20(28)29-16)7-14(21)17(15)27-10-11-3-5-13(6-4-11)19(24)25/h3-9H,2,10H2,1H3,(H,24,25)(H,22,23,28)/b16-9-. The molecule has 2 aromatic rings. The van der Waals surface area contributed by atoms with Gasteiger partial charge in [-0.1, -0.05) is 36.1 Å². The van der Waals surface area contributed by atoms with Crippen molar-refractivity contribution in [3.8, 4) is 11.5 Å². The molecule has 1 saturated heterocycles. The maximum atomic E-state index is 11.9. The third-order valence-corrected chi connectivity index (χ3v) is 5.61. The number of ether oxygens (including phenoxy) is 2. The van der Waals surface area contributed by atoms with Crippen LogP contribution in [0.25, 0.3) is 6.08 Å². The zero-order valence-corrected chi connectivity index (χ0v) is 18.4. The van der Waals surface area contributed by atoms with Gasteiger partial charge in [-0.15, -0.1) is 0 Å². The van der Waals surface area contributed by atoms with E-state index in [9.17, 15) is 9.59 Å². The van der Waals surface area contributed by atoms with E-state index in [1.165, 1.54) is 23.9 Å². The van der Waals surface area contributed by atoms with E-state index in [1.807, 2.05) is 13.0 Å². The summed E-state index contributed by atoms with van der Waals surface area (Å²) in [7, 11) is 0. The number of carbonyl (C=O) groups excluding carboxylic acids is 1. The number of hydrogen-bond acceptors (Lipinski definition) is 6. The van der Waals surface area contributed by atoms with Crippen molar-refractivity contribution in [3.05, 3.63) is 62.5 Å². The molecule has 0 bridgehead atoms. The first kappa shape index (κ1) is 21.4. The largest absolute Gasteiger partial charge is 0.490 e. The summed E-state index contributed by atoms with van der Waals surface area (Å²) < 4.78 is 12.7. The van der Waals surface area contributed by atoms with Gasteiger partial charge in [0.1, 0.15) is 10.9 Å². The average Bonchev–Trinajstić information content (AvgIpc) is 2.98. The Morgan fingerprint density at radius 1 is 1.28 bits per heavy atom. The van der Waals surface area contributed by atoms with Gasteiger partial charge in [-0.25, -0.2) is 4.79 Å². The van der Waals surface area contributed by atoms with E-state index < -0.39 is 5.97 Å². The number of amides is 1. The minimum atomic E-state index is -0.974. The molecule has 0 unspecified atom stereocenters. The highest BCUT2D eigenvalue weighted by Crippen LogP contribution is 2.39. The van der Waals surface area contributed by atoms with Gasteiger partial charge in [0.15, 0.2) is 11.5 Å². The van der Waals surface area contributed by atoms with E-state index >= 15 is 0 Å². The molecule has 1 amide bonds. The summed E-state index contributed by atoms with van der Waals surface area (Å²) in [6, 6.07) is 10.1. The molecule has 0 aromatic heterocycles. The van der Waals surface area contributed by atoms with E-state index in [0.717, 1.165) is 11.1 Å². The summed E-state index contributed by atoms with van der Waals surface area (Å²) >= 11 is 9.72. The molecule has 1 aliphatic rings. The summed E-state index contributed by atoms with van der Waals surface area (Å²) in [4.78, 5) is 23.4. The highest BCUT2D eigenvalue weighted by molar-refractivity contribution is 9.10. The lowest BCUT2D eigenvalue weighted by Crippen LogP contribution is -2.17. The van der Waals surface area contributed by atoms with Crippen LogP contribution >= 0.6 is 39.9 Å². The lowest BCUT2D eigenvalue weighted by molar-refractivity contribution is -0.115. The zero-order chi connectivity index (χ0) is 21.0. The lowest BCUT2D eigenvalue weighted by atomic mass is 10.1. The van der Waals surface area contributed by atoms with Crippen LogP contribution in [0.4, 0.5) is 0 Å². The molecule has 0 atom stereocenters. The Bertz CT molecular complexity index is 1000. The molecule has 150 valence electrons.